The highest BCUT2D eigenvalue weighted by Crippen LogP contribution is 2.25. The summed E-state index contributed by atoms with van der Waals surface area (Å²) >= 11 is 5.56. The van der Waals surface area contributed by atoms with Gasteiger partial charge in [-0.15, -0.1) is 0 Å². The molecule has 4 heteroatoms. The second-order valence-corrected chi connectivity index (χ2v) is 3.35. The van der Waals surface area contributed by atoms with Crippen LogP contribution in [0.4, 0.5) is 0 Å². The van der Waals surface area contributed by atoms with Crippen LogP contribution in [0.3, 0.4) is 0 Å². The number of allylic oxidation sites excluding steroid dienone is 1. The van der Waals surface area contributed by atoms with Gasteiger partial charge in [0.15, 0.2) is 0 Å². The Bertz CT molecular complexity index is 385. The van der Waals surface area contributed by atoms with E-state index in [1.807, 2.05) is 0 Å². The smallest absolute Gasteiger partial charge is 0.339 e. The highest BCUT2D eigenvalue weighted by Gasteiger charge is 2.12. The van der Waals surface area contributed by atoms with Crippen LogP contribution in [0.2, 0.25) is 0 Å². The largest absolute Gasteiger partial charge is 0.507 e. The number of carbonyl (C=O) groups is 1. The maximum atomic E-state index is 10.6. The van der Waals surface area contributed by atoms with Crippen molar-refractivity contribution < 1.29 is 15.0 Å². The zero-order valence-corrected chi connectivity index (χ0v) is 8.08. The number of benzene rings is 1. The molecule has 1 aromatic carbocycles. The molecular formula is C10H9ClO3. The number of hydrogen-bond donors (Lipinski definition) is 2. The Labute approximate surface area is 86.3 Å². The van der Waals surface area contributed by atoms with Crippen LogP contribution in [0.1, 0.15) is 15.9 Å². The molecule has 0 spiro atoms. The number of aromatic carboxylic acids is 1. The van der Waals surface area contributed by atoms with Crippen molar-refractivity contribution in [3.63, 3.8) is 0 Å². The van der Waals surface area contributed by atoms with Crippen molar-refractivity contribution in [1.29, 1.82) is 0 Å². The van der Waals surface area contributed by atoms with Crippen molar-refractivity contribution in [2.24, 2.45) is 0 Å². The summed E-state index contributed by atoms with van der Waals surface area (Å²) in [5.74, 6) is -1.41. The topological polar surface area (TPSA) is 57.5 Å². The third kappa shape index (κ3) is 2.26. The van der Waals surface area contributed by atoms with Gasteiger partial charge in [0.1, 0.15) is 11.3 Å². The molecular weight excluding hydrogens is 204 g/mol. The van der Waals surface area contributed by atoms with Gasteiger partial charge in [0.05, 0.1) is 0 Å². The molecule has 0 amide bonds. The maximum absolute atomic E-state index is 10.6. The van der Waals surface area contributed by atoms with Crippen molar-refractivity contribution in [3.8, 4) is 5.75 Å². The summed E-state index contributed by atoms with van der Waals surface area (Å²) in [6, 6.07) is 4.49. The number of halogens is 1. The molecule has 0 saturated heterocycles. The third-order valence-corrected chi connectivity index (χ3v) is 1.87. The van der Waals surface area contributed by atoms with Gasteiger partial charge in [-0.2, -0.15) is 0 Å². The van der Waals surface area contributed by atoms with E-state index in [2.05, 4.69) is 6.58 Å². The lowest BCUT2D eigenvalue weighted by Crippen LogP contribution is -1.98. The molecule has 3 nitrogen and oxygen atoms in total. The van der Waals surface area contributed by atoms with E-state index >= 15 is 0 Å². The van der Waals surface area contributed by atoms with Crippen LogP contribution in [0, 0.1) is 0 Å². The molecule has 2 N–H and O–H groups in total. The molecule has 0 heterocycles. The van der Waals surface area contributed by atoms with Crippen molar-refractivity contribution in [2.75, 3.05) is 0 Å². The fraction of sp³-hybridized carbons (Fsp3) is 0.100. The quantitative estimate of drug-likeness (QED) is 0.809. The van der Waals surface area contributed by atoms with Gasteiger partial charge in [-0.05, 0) is 6.07 Å². The number of phenols is 1. The van der Waals surface area contributed by atoms with E-state index in [4.69, 9.17) is 16.7 Å². The molecule has 0 saturated carbocycles. The lowest BCUT2D eigenvalue weighted by Gasteiger charge is -2.05. The van der Waals surface area contributed by atoms with Gasteiger partial charge in [-0.1, -0.05) is 30.3 Å². The molecule has 14 heavy (non-hydrogen) atoms. The molecule has 0 aliphatic rings. The fourth-order valence-electron chi connectivity index (χ4n) is 1.11. The lowest BCUT2D eigenvalue weighted by atomic mass is 10.1. The number of para-hydroxylation sites is 1. The predicted molar refractivity (Wildman–Crippen MR) is 53.8 cm³/mol. The van der Waals surface area contributed by atoms with E-state index in [0.29, 0.717) is 10.6 Å². The van der Waals surface area contributed by atoms with Crippen LogP contribution in [0.5, 0.6) is 5.75 Å². The molecule has 0 fully saturated rings. The molecule has 1 rings (SSSR count). The van der Waals surface area contributed by atoms with Gasteiger partial charge in [0, 0.05) is 17.0 Å². The first-order chi connectivity index (χ1) is 6.52. The van der Waals surface area contributed by atoms with Crippen LogP contribution in [-0.4, -0.2) is 16.2 Å². The second-order valence-electron chi connectivity index (χ2n) is 2.81. The molecule has 1 aromatic rings. The lowest BCUT2D eigenvalue weighted by molar-refractivity contribution is 0.0693. The summed E-state index contributed by atoms with van der Waals surface area (Å²) < 4.78 is 0. The Morgan fingerprint density at radius 1 is 1.50 bits per heavy atom. The monoisotopic (exact) mass is 212 g/mol. The van der Waals surface area contributed by atoms with Crippen LogP contribution in [-0.2, 0) is 6.42 Å². The normalized spacial score (nSPS) is 9.79. The fourth-order valence-corrected chi connectivity index (χ4v) is 1.26. The van der Waals surface area contributed by atoms with Crippen molar-refractivity contribution in [1.82, 2.24) is 0 Å². The minimum Gasteiger partial charge on any atom is -0.507 e. The van der Waals surface area contributed by atoms with E-state index < -0.39 is 5.97 Å². The average Bonchev–Trinajstić information content (AvgIpc) is 2.07. The van der Waals surface area contributed by atoms with Crippen molar-refractivity contribution >= 4 is 17.6 Å². The Morgan fingerprint density at radius 2 is 2.14 bits per heavy atom. The molecule has 0 radical (unpaired) electrons. The average molecular weight is 213 g/mol. The van der Waals surface area contributed by atoms with Crippen LogP contribution in [0.15, 0.2) is 29.8 Å². The first-order valence-corrected chi connectivity index (χ1v) is 4.27. The number of carboxylic acid groups (broad SMARTS) is 1. The SMILES string of the molecule is C=C(Cl)Cc1cccc(C(=O)O)c1O. The summed E-state index contributed by atoms with van der Waals surface area (Å²) in [5.41, 5.74) is 0.338. The van der Waals surface area contributed by atoms with Crippen LogP contribution >= 0.6 is 11.6 Å². The zero-order chi connectivity index (χ0) is 10.7. The van der Waals surface area contributed by atoms with Crippen LogP contribution in [0.25, 0.3) is 0 Å². The highest BCUT2D eigenvalue weighted by molar-refractivity contribution is 6.29. The molecule has 74 valence electrons. The first-order valence-electron chi connectivity index (χ1n) is 3.89. The van der Waals surface area contributed by atoms with E-state index in [0.717, 1.165) is 0 Å². The molecule has 0 unspecified atom stereocenters. The van der Waals surface area contributed by atoms with Gasteiger partial charge in [0.2, 0.25) is 0 Å². The maximum Gasteiger partial charge on any atom is 0.339 e. The van der Waals surface area contributed by atoms with Crippen molar-refractivity contribution in [3.05, 3.63) is 40.9 Å². The van der Waals surface area contributed by atoms with E-state index in [1.165, 1.54) is 6.07 Å². The molecule has 0 bridgehead atoms. The van der Waals surface area contributed by atoms with Crippen LogP contribution < -0.4 is 0 Å². The summed E-state index contributed by atoms with van der Waals surface area (Å²) in [5, 5.41) is 18.6. The molecule has 0 aromatic heterocycles. The number of rotatable bonds is 3. The second kappa shape index (κ2) is 4.15. The Hall–Kier alpha value is -1.48. The third-order valence-electron chi connectivity index (χ3n) is 1.73. The van der Waals surface area contributed by atoms with Gasteiger partial charge in [-0.25, -0.2) is 4.79 Å². The summed E-state index contributed by atoms with van der Waals surface area (Å²) in [6.07, 6.45) is 0.258. The highest BCUT2D eigenvalue weighted by atomic mass is 35.5. The van der Waals surface area contributed by atoms with E-state index in [1.54, 1.807) is 12.1 Å². The van der Waals surface area contributed by atoms with Gasteiger partial charge in [0.25, 0.3) is 0 Å². The predicted octanol–water partition coefficient (Wildman–Crippen LogP) is 2.39. The Morgan fingerprint density at radius 3 is 2.64 bits per heavy atom. The number of aromatic hydroxyl groups is 1. The van der Waals surface area contributed by atoms with Gasteiger partial charge < -0.3 is 10.2 Å². The number of carboxylic acids is 1. The zero-order valence-electron chi connectivity index (χ0n) is 7.33. The molecule has 0 aliphatic carbocycles. The van der Waals surface area contributed by atoms with E-state index in [-0.39, 0.29) is 17.7 Å². The van der Waals surface area contributed by atoms with Crippen molar-refractivity contribution in [2.45, 2.75) is 6.42 Å². The first kappa shape index (κ1) is 10.6. The summed E-state index contributed by atoms with van der Waals surface area (Å²) in [7, 11) is 0. The van der Waals surface area contributed by atoms with Gasteiger partial charge in [-0.3, -0.25) is 0 Å². The summed E-state index contributed by atoms with van der Waals surface area (Å²) in [6.45, 7) is 3.47. The molecule has 0 atom stereocenters. The minimum atomic E-state index is -1.16. The Kier molecular flexibility index (Phi) is 3.14. The molecule has 0 aliphatic heterocycles. The van der Waals surface area contributed by atoms with E-state index in [9.17, 15) is 9.90 Å². The minimum absolute atomic E-state index is 0.125. The van der Waals surface area contributed by atoms with Gasteiger partial charge >= 0.3 is 5.97 Å². The summed E-state index contributed by atoms with van der Waals surface area (Å²) in [4.78, 5) is 10.6. The Balaban J connectivity index is 3.13. The number of hydrogen-bond acceptors (Lipinski definition) is 2. The standard InChI is InChI=1S/C10H9ClO3/c1-6(11)5-7-3-2-4-8(9(7)12)10(13)14/h2-4,12H,1,5H2,(H,13,14).